The second kappa shape index (κ2) is 6.06. The normalized spacial score (nSPS) is 20.1. The van der Waals surface area contributed by atoms with Crippen LogP contribution in [0.25, 0.3) is 0 Å². The molecule has 0 radical (unpaired) electrons. The third-order valence-corrected chi connectivity index (χ3v) is 4.94. The first kappa shape index (κ1) is 15.9. The van der Waals surface area contributed by atoms with Gasteiger partial charge in [-0.1, -0.05) is 5.16 Å². The molecule has 2 aliphatic rings. The van der Waals surface area contributed by atoms with Crippen molar-refractivity contribution < 1.29 is 14.1 Å². The summed E-state index contributed by atoms with van der Waals surface area (Å²) >= 11 is 0. The minimum absolute atomic E-state index is 0.101. The van der Waals surface area contributed by atoms with Crippen LogP contribution < -0.4 is 10.3 Å². The van der Waals surface area contributed by atoms with Gasteiger partial charge in [-0.15, -0.1) is 0 Å². The fourth-order valence-corrected chi connectivity index (χ4v) is 3.12. The summed E-state index contributed by atoms with van der Waals surface area (Å²) in [5.41, 5.74) is 1.10. The Labute approximate surface area is 145 Å². The zero-order valence-electron chi connectivity index (χ0n) is 14.4. The second-order valence-corrected chi connectivity index (χ2v) is 6.90. The summed E-state index contributed by atoms with van der Waals surface area (Å²) in [6, 6.07) is 5.08. The molecule has 1 aliphatic heterocycles. The van der Waals surface area contributed by atoms with E-state index >= 15 is 0 Å². The van der Waals surface area contributed by atoms with Crippen molar-refractivity contribution in [1.82, 2.24) is 14.6 Å². The third kappa shape index (κ3) is 3.18. The number of pyridine rings is 1. The Morgan fingerprint density at radius 1 is 1.28 bits per heavy atom. The molecule has 1 aliphatic carbocycles. The number of aryl methyl sites for hydroxylation is 1. The summed E-state index contributed by atoms with van der Waals surface area (Å²) in [5.74, 6) is 1.68. The van der Waals surface area contributed by atoms with E-state index in [1.165, 1.54) is 6.07 Å². The summed E-state index contributed by atoms with van der Waals surface area (Å²) in [4.78, 5) is 26.1. The molecule has 25 heavy (non-hydrogen) atoms. The van der Waals surface area contributed by atoms with E-state index in [0.717, 1.165) is 30.7 Å². The largest absolute Gasteiger partial charge is 0.488 e. The van der Waals surface area contributed by atoms with E-state index in [1.54, 1.807) is 22.6 Å². The SMILES string of the molecule is Cc1cc(OC2CCN(C(=O)c3cc(C4CC4)on3)C2)cc(=O)n1C. The molecule has 0 bridgehead atoms. The topological polar surface area (TPSA) is 77.6 Å². The zero-order valence-corrected chi connectivity index (χ0v) is 14.4. The molecule has 1 saturated carbocycles. The van der Waals surface area contributed by atoms with Crippen molar-refractivity contribution >= 4 is 5.91 Å². The molecule has 1 unspecified atom stereocenters. The van der Waals surface area contributed by atoms with E-state index in [9.17, 15) is 9.59 Å². The minimum Gasteiger partial charge on any atom is -0.488 e. The van der Waals surface area contributed by atoms with Crippen LogP contribution in [-0.4, -0.2) is 39.7 Å². The Morgan fingerprint density at radius 3 is 2.80 bits per heavy atom. The van der Waals surface area contributed by atoms with Crippen LogP contribution in [0.4, 0.5) is 0 Å². The van der Waals surface area contributed by atoms with Gasteiger partial charge >= 0.3 is 0 Å². The fraction of sp³-hybridized carbons (Fsp3) is 0.500. The van der Waals surface area contributed by atoms with Crippen LogP contribution in [0.15, 0.2) is 27.5 Å². The van der Waals surface area contributed by atoms with Gasteiger partial charge in [0.2, 0.25) is 0 Å². The van der Waals surface area contributed by atoms with E-state index in [-0.39, 0.29) is 17.6 Å². The second-order valence-electron chi connectivity index (χ2n) is 6.90. The van der Waals surface area contributed by atoms with Crippen LogP contribution in [0, 0.1) is 6.92 Å². The highest BCUT2D eigenvalue weighted by molar-refractivity contribution is 5.92. The van der Waals surface area contributed by atoms with Crippen LogP contribution in [-0.2, 0) is 7.05 Å². The van der Waals surface area contributed by atoms with Gasteiger partial charge in [0.25, 0.3) is 11.5 Å². The molecule has 7 nitrogen and oxygen atoms in total. The quantitative estimate of drug-likeness (QED) is 0.847. The predicted molar refractivity (Wildman–Crippen MR) is 89.8 cm³/mol. The molecule has 3 heterocycles. The van der Waals surface area contributed by atoms with E-state index in [4.69, 9.17) is 9.26 Å². The average Bonchev–Trinajstić information content (AvgIpc) is 3.13. The third-order valence-electron chi connectivity index (χ3n) is 4.94. The van der Waals surface area contributed by atoms with E-state index in [0.29, 0.717) is 30.5 Å². The van der Waals surface area contributed by atoms with E-state index < -0.39 is 0 Å². The highest BCUT2D eigenvalue weighted by Crippen LogP contribution is 2.40. The monoisotopic (exact) mass is 343 g/mol. The number of carbonyl (C=O) groups is 1. The van der Waals surface area contributed by atoms with Crippen LogP contribution in [0.2, 0.25) is 0 Å². The lowest BCUT2D eigenvalue weighted by atomic mass is 10.2. The molecule has 132 valence electrons. The van der Waals surface area contributed by atoms with Gasteiger partial charge in [-0.2, -0.15) is 0 Å². The molecule has 0 spiro atoms. The van der Waals surface area contributed by atoms with Crippen molar-refractivity contribution in [2.24, 2.45) is 7.05 Å². The highest BCUT2D eigenvalue weighted by atomic mass is 16.5. The lowest BCUT2D eigenvalue weighted by Crippen LogP contribution is -2.31. The Morgan fingerprint density at radius 2 is 2.08 bits per heavy atom. The van der Waals surface area contributed by atoms with Gasteiger partial charge in [-0.05, 0) is 25.8 Å². The summed E-state index contributed by atoms with van der Waals surface area (Å²) in [5, 5.41) is 3.91. The van der Waals surface area contributed by atoms with Crippen molar-refractivity contribution in [2.75, 3.05) is 13.1 Å². The number of ether oxygens (including phenoxy) is 1. The Kier molecular flexibility index (Phi) is 3.86. The number of amides is 1. The number of hydrogen-bond donors (Lipinski definition) is 0. The van der Waals surface area contributed by atoms with Crippen molar-refractivity contribution in [2.45, 2.75) is 38.2 Å². The molecule has 4 rings (SSSR count). The number of rotatable bonds is 4. The van der Waals surface area contributed by atoms with Crippen molar-refractivity contribution in [3.8, 4) is 5.75 Å². The van der Waals surface area contributed by atoms with Crippen LogP contribution in [0.1, 0.15) is 47.1 Å². The first-order valence-electron chi connectivity index (χ1n) is 8.61. The lowest BCUT2D eigenvalue weighted by Gasteiger charge is -2.16. The number of carbonyl (C=O) groups excluding carboxylic acids is 1. The molecule has 1 amide bonds. The molecule has 0 N–H and O–H groups in total. The molecular weight excluding hydrogens is 322 g/mol. The first-order chi connectivity index (χ1) is 12.0. The maximum atomic E-state index is 12.5. The van der Waals surface area contributed by atoms with Crippen molar-refractivity contribution in [3.63, 3.8) is 0 Å². The summed E-state index contributed by atoms with van der Waals surface area (Å²) in [7, 11) is 1.73. The number of hydrogen-bond acceptors (Lipinski definition) is 5. The number of nitrogens with zero attached hydrogens (tertiary/aromatic N) is 3. The maximum absolute atomic E-state index is 12.5. The van der Waals surface area contributed by atoms with Gasteiger partial charge in [0.15, 0.2) is 5.69 Å². The molecule has 0 aromatic carbocycles. The van der Waals surface area contributed by atoms with E-state index in [2.05, 4.69) is 5.16 Å². The van der Waals surface area contributed by atoms with Gasteiger partial charge in [0, 0.05) is 43.8 Å². The number of aromatic nitrogens is 2. The summed E-state index contributed by atoms with van der Waals surface area (Å²) in [6.45, 7) is 2.96. The van der Waals surface area contributed by atoms with Gasteiger partial charge < -0.3 is 18.7 Å². The fourth-order valence-electron chi connectivity index (χ4n) is 3.12. The predicted octanol–water partition coefficient (Wildman–Crippen LogP) is 1.85. The lowest BCUT2D eigenvalue weighted by molar-refractivity contribution is 0.0762. The highest BCUT2D eigenvalue weighted by Gasteiger charge is 2.32. The smallest absolute Gasteiger partial charge is 0.276 e. The molecule has 2 fully saturated rings. The minimum atomic E-state index is -0.123. The van der Waals surface area contributed by atoms with Gasteiger partial charge in [0.1, 0.15) is 17.6 Å². The van der Waals surface area contributed by atoms with Gasteiger partial charge in [-0.25, -0.2) is 0 Å². The Bertz CT molecular complexity index is 865. The standard InChI is InChI=1S/C18H21N3O4/c1-11-7-14(8-17(22)20(11)2)24-13-5-6-21(10-13)18(23)15-9-16(25-19-15)12-3-4-12/h7-9,12-13H,3-6,10H2,1-2H3. The number of likely N-dealkylation sites (tertiary alicyclic amines) is 1. The summed E-state index contributed by atoms with van der Waals surface area (Å²) < 4.78 is 12.7. The Hall–Kier alpha value is -2.57. The van der Waals surface area contributed by atoms with Crippen LogP contribution in [0.5, 0.6) is 5.75 Å². The van der Waals surface area contributed by atoms with Gasteiger partial charge in [-0.3, -0.25) is 9.59 Å². The average molecular weight is 343 g/mol. The van der Waals surface area contributed by atoms with Gasteiger partial charge in [0.05, 0.1) is 6.54 Å². The van der Waals surface area contributed by atoms with Crippen molar-refractivity contribution in [1.29, 1.82) is 0 Å². The molecule has 2 aromatic heterocycles. The molecule has 1 atom stereocenters. The molecule has 7 heteroatoms. The molecular formula is C18H21N3O4. The molecule has 2 aromatic rings. The van der Waals surface area contributed by atoms with Crippen LogP contribution >= 0.6 is 0 Å². The Balaban J connectivity index is 1.40. The van der Waals surface area contributed by atoms with E-state index in [1.807, 2.05) is 13.0 Å². The summed E-state index contributed by atoms with van der Waals surface area (Å²) in [6.07, 6.45) is 2.83. The molecule has 1 saturated heterocycles. The first-order valence-corrected chi connectivity index (χ1v) is 8.61. The maximum Gasteiger partial charge on any atom is 0.276 e. The van der Waals surface area contributed by atoms with Crippen LogP contribution in [0.3, 0.4) is 0 Å². The zero-order chi connectivity index (χ0) is 17.6. The van der Waals surface area contributed by atoms with Crippen molar-refractivity contribution in [3.05, 3.63) is 45.7 Å².